The molecule has 1 heterocycles. The van der Waals surface area contributed by atoms with Crippen LogP contribution >= 0.6 is 15.9 Å². The van der Waals surface area contributed by atoms with Crippen LogP contribution in [0, 0.1) is 6.92 Å². The van der Waals surface area contributed by atoms with Crippen LogP contribution in [-0.4, -0.2) is 48.9 Å². The summed E-state index contributed by atoms with van der Waals surface area (Å²) < 4.78 is 11.6. The Hall–Kier alpha value is -4.64. The van der Waals surface area contributed by atoms with E-state index >= 15 is 0 Å². The number of rotatable bonds is 10. The van der Waals surface area contributed by atoms with Crippen molar-refractivity contribution in [3.63, 3.8) is 0 Å². The lowest BCUT2D eigenvalue weighted by atomic mass is 10.1. The van der Waals surface area contributed by atoms with E-state index in [0.717, 1.165) is 22.4 Å². The van der Waals surface area contributed by atoms with Gasteiger partial charge in [-0.3, -0.25) is 14.4 Å². The number of methoxy groups -OCH3 is 1. The van der Waals surface area contributed by atoms with Crippen LogP contribution in [0.25, 0.3) is 6.08 Å². The molecule has 0 spiro atoms. The third kappa shape index (κ3) is 7.31. The molecule has 4 rings (SSSR count). The average Bonchev–Trinajstić information content (AvgIpc) is 3.21. The second kappa shape index (κ2) is 13.1. The van der Waals surface area contributed by atoms with E-state index in [4.69, 9.17) is 9.47 Å². The number of hydrogen-bond acceptors (Lipinski definition) is 6. The van der Waals surface area contributed by atoms with Crippen LogP contribution in [0.3, 0.4) is 0 Å². The lowest BCUT2D eigenvalue weighted by Gasteiger charge is -2.14. The SMILES string of the molecule is CCc1ccccc1NC(=O)CN1C(=O)N/C(=C/c2cc(OC)c(OCC(=O)Nc3ccc(C)cc3)cc2Br)C1=O. The first-order valence-electron chi connectivity index (χ1n) is 12.8. The second-order valence-corrected chi connectivity index (χ2v) is 10.0. The zero-order valence-electron chi connectivity index (χ0n) is 22.7. The Morgan fingerprint density at radius 1 is 1.00 bits per heavy atom. The first-order valence-corrected chi connectivity index (χ1v) is 13.6. The fraction of sp³-hybridized carbons (Fsp3) is 0.200. The lowest BCUT2D eigenvalue weighted by Crippen LogP contribution is -2.38. The van der Waals surface area contributed by atoms with Crippen molar-refractivity contribution in [1.29, 1.82) is 0 Å². The summed E-state index contributed by atoms with van der Waals surface area (Å²) in [5, 5.41) is 8.03. The van der Waals surface area contributed by atoms with Crippen molar-refractivity contribution in [2.75, 3.05) is 30.9 Å². The molecule has 0 aromatic heterocycles. The van der Waals surface area contributed by atoms with Gasteiger partial charge in [0.1, 0.15) is 12.2 Å². The van der Waals surface area contributed by atoms with E-state index in [1.807, 2.05) is 38.1 Å². The quantitative estimate of drug-likeness (QED) is 0.219. The maximum atomic E-state index is 13.0. The summed E-state index contributed by atoms with van der Waals surface area (Å²) in [6, 6.07) is 17.2. The van der Waals surface area contributed by atoms with Gasteiger partial charge in [0.25, 0.3) is 11.8 Å². The van der Waals surface area contributed by atoms with Gasteiger partial charge in [-0.05, 0) is 60.9 Å². The molecule has 3 aromatic carbocycles. The van der Waals surface area contributed by atoms with E-state index in [2.05, 4.69) is 31.9 Å². The van der Waals surface area contributed by atoms with Crippen LogP contribution in [0.15, 0.2) is 70.8 Å². The molecule has 1 aliphatic heterocycles. The monoisotopic (exact) mass is 620 g/mol. The maximum absolute atomic E-state index is 13.0. The Morgan fingerprint density at radius 3 is 2.44 bits per heavy atom. The number of amides is 5. The first kappa shape index (κ1) is 29.3. The van der Waals surface area contributed by atoms with Gasteiger partial charge in [0.2, 0.25) is 5.91 Å². The molecular weight excluding hydrogens is 592 g/mol. The molecule has 1 saturated heterocycles. The highest BCUT2D eigenvalue weighted by atomic mass is 79.9. The first-order chi connectivity index (χ1) is 19.7. The van der Waals surface area contributed by atoms with Crippen LogP contribution < -0.4 is 25.4 Å². The van der Waals surface area contributed by atoms with E-state index < -0.39 is 24.4 Å². The standard InChI is InChI=1S/C30H29BrN4O6/c1-4-19-7-5-6-8-23(19)33-27(36)16-35-29(38)24(34-30(35)39)13-20-14-25(40-3)26(15-22(20)31)41-17-28(37)32-21-11-9-18(2)10-12-21/h5-15H,4,16-17H2,1-3H3,(H,32,37)(H,33,36)(H,34,39)/b24-13+. The third-order valence-corrected chi connectivity index (χ3v) is 6.90. The number of ether oxygens (including phenoxy) is 2. The number of carbonyl (C=O) groups is 4. The summed E-state index contributed by atoms with van der Waals surface area (Å²) in [6.07, 6.45) is 2.18. The van der Waals surface area contributed by atoms with Gasteiger partial charge in [0.15, 0.2) is 18.1 Å². The highest BCUT2D eigenvalue weighted by Crippen LogP contribution is 2.35. The third-order valence-electron chi connectivity index (χ3n) is 6.21. The van der Waals surface area contributed by atoms with E-state index in [0.29, 0.717) is 32.9 Å². The largest absolute Gasteiger partial charge is 0.493 e. The van der Waals surface area contributed by atoms with Crippen LogP contribution in [0.1, 0.15) is 23.6 Å². The minimum atomic E-state index is -0.706. The molecule has 0 unspecified atom stereocenters. The highest BCUT2D eigenvalue weighted by Gasteiger charge is 2.35. The van der Waals surface area contributed by atoms with Crippen LogP contribution in [0.2, 0.25) is 0 Å². The number of imide groups is 1. The van der Waals surface area contributed by atoms with Crippen LogP contribution in [-0.2, 0) is 20.8 Å². The number of urea groups is 1. The van der Waals surface area contributed by atoms with E-state index in [9.17, 15) is 19.2 Å². The molecule has 10 nitrogen and oxygen atoms in total. The summed E-state index contributed by atoms with van der Waals surface area (Å²) in [6.45, 7) is 3.22. The summed E-state index contributed by atoms with van der Waals surface area (Å²) in [5.74, 6) is -0.877. The van der Waals surface area contributed by atoms with Gasteiger partial charge in [-0.15, -0.1) is 0 Å². The number of aryl methyl sites for hydroxylation is 2. The molecule has 1 fully saturated rings. The van der Waals surface area contributed by atoms with E-state index in [-0.39, 0.29) is 18.2 Å². The fourth-order valence-electron chi connectivity index (χ4n) is 4.07. The Labute approximate surface area is 245 Å². The molecule has 0 bridgehead atoms. The number of nitrogens with zero attached hydrogens (tertiary/aromatic N) is 1. The second-order valence-electron chi connectivity index (χ2n) is 9.17. The Bertz CT molecular complexity index is 1520. The molecule has 0 aliphatic carbocycles. The lowest BCUT2D eigenvalue weighted by molar-refractivity contribution is -0.127. The number of halogens is 1. The number of nitrogens with one attached hydrogen (secondary N) is 3. The fourth-order valence-corrected chi connectivity index (χ4v) is 4.50. The summed E-state index contributed by atoms with van der Waals surface area (Å²) in [5.41, 5.74) is 3.80. The van der Waals surface area contributed by atoms with Gasteiger partial charge in [-0.2, -0.15) is 0 Å². The smallest absolute Gasteiger partial charge is 0.329 e. The van der Waals surface area contributed by atoms with E-state index in [1.54, 1.807) is 36.4 Å². The zero-order chi connectivity index (χ0) is 29.5. The molecule has 0 atom stereocenters. The molecule has 0 radical (unpaired) electrons. The minimum absolute atomic E-state index is 0.00865. The van der Waals surface area contributed by atoms with Crippen LogP contribution in [0.4, 0.5) is 16.2 Å². The molecule has 41 heavy (non-hydrogen) atoms. The predicted molar refractivity (Wildman–Crippen MR) is 159 cm³/mol. The minimum Gasteiger partial charge on any atom is -0.493 e. The Kier molecular flexibility index (Phi) is 9.41. The van der Waals surface area contributed by atoms with Crippen molar-refractivity contribution in [3.8, 4) is 11.5 Å². The number of hydrogen-bond donors (Lipinski definition) is 3. The number of carbonyl (C=O) groups excluding carboxylic acids is 4. The predicted octanol–water partition coefficient (Wildman–Crippen LogP) is 4.88. The molecule has 3 aromatic rings. The average molecular weight is 621 g/mol. The van der Waals surface area contributed by atoms with Gasteiger partial charge in [-0.25, -0.2) is 9.69 Å². The zero-order valence-corrected chi connectivity index (χ0v) is 24.3. The van der Waals surface area contributed by atoms with Gasteiger partial charge in [-0.1, -0.05) is 58.7 Å². The van der Waals surface area contributed by atoms with Gasteiger partial charge in [0.05, 0.1) is 7.11 Å². The van der Waals surface area contributed by atoms with E-state index in [1.165, 1.54) is 13.2 Å². The molecular formula is C30H29BrN4O6. The van der Waals surface area contributed by atoms with Crippen molar-refractivity contribution < 1.29 is 28.7 Å². The van der Waals surface area contributed by atoms with Gasteiger partial charge < -0.3 is 25.4 Å². The Balaban J connectivity index is 1.42. The normalized spacial score (nSPS) is 13.7. The molecule has 212 valence electrons. The molecule has 5 amide bonds. The van der Waals surface area contributed by atoms with Gasteiger partial charge in [0, 0.05) is 15.8 Å². The molecule has 3 N–H and O–H groups in total. The Morgan fingerprint density at radius 2 is 1.73 bits per heavy atom. The molecule has 1 aliphatic rings. The van der Waals surface area contributed by atoms with Gasteiger partial charge >= 0.3 is 6.03 Å². The maximum Gasteiger partial charge on any atom is 0.329 e. The van der Waals surface area contributed by atoms with Crippen molar-refractivity contribution >= 4 is 57.1 Å². The van der Waals surface area contributed by atoms with Crippen LogP contribution in [0.5, 0.6) is 11.5 Å². The number of benzene rings is 3. The molecule has 0 saturated carbocycles. The summed E-state index contributed by atoms with van der Waals surface area (Å²) in [7, 11) is 1.44. The summed E-state index contributed by atoms with van der Waals surface area (Å²) >= 11 is 3.44. The highest BCUT2D eigenvalue weighted by molar-refractivity contribution is 9.10. The van der Waals surface area contributed by atoms with Crippen molar-refractivity contribution in [2.45, 2.75) is 20.3 Å². The topological polar surface area (TPSA) is 126 Å². The summed E-state index contributed by atoms with van der Waals surface area (Å²) in [4.78, 5) is 51.3. The number of para-hydroxylation sites is 1. The van der Waals surface area contributed by atoms with Crippen molar-refractivity contribution in [1.82, 2.24) is 10.2 Å². The van der Waals surface area contributed by atoms with Crippen molar-refractivity contribution in [3.05, 3.63) is 87.5 Å². The number of anilines is 2. The molecule has 11 heteroatoms. The van der Waals surface area contributed by atoms with Crippen molar-refractivity contribution in [2.24, 2.45) is 0 Å².